The quantitative estimate of drug-likeness (QED) is 0.796. The van der Waals surface area contributed by atoms with Crippen LogP contribution in [0.5, 0.6) is 0 Å². The summed E-state index contributed by atoms with van der Waals surface area (Å²) in [4.78, 5) is 0. The zero-order valence-electron chi connectivity index (χ0n) is 12.9. The fraction of sp³-hybridized carbons (Fsp3) is 0.647. The van der Waals surface area contributed by atoms with Gasteiger partial charge in [0, 0.05) is 18.0 Å². The molecule has 0 radical (unpaired) electrons. The Kier molecular flexibility index (Phi) is 5.40. The van der Waals surface area contributed by atoms with Gasteiger partial charge in [0.05, 0.1) is 0 Å². The first kappa shape index (κ1) is 15.2. The first-order valence-electron chi connectivity index (χ1n) is 7.14. The second-order valence-corrected chi connectivity index (χ2v) is 6.71. The Morgan fingerprint density at radius 2 is 1.56 bits per heavy atom. The molecular formula is C17H29N. The molecule has 0 unspecified atom stereocenters. The van der Waals surface area contributed by atoms with E-state index in [-0.39, 0.29) is 5.41 Å². The van der Waals surface area contributed by atoms with Crippen molar-refractivity contribution in [2.45, 2.75) is 59.4 Å². The van der Waals surface area contributed by atoms with E-state index in [0.29, 0.717) is 6.04 Å². The Bertz CT molecular complexity index is 346. The van der Waals surface area contributed by atoms with Crippen LogP contribution in [0.1, 0.15) is 52.7 Å². The van der Waals surface area contributed by atoms with Gasteiger partial charge >= 0.3 is 0 Å². The molecule has 0 aliphatic heterocycles. The number of benzene rings is 1. The SMILES string of the molecule is CC(C)Cc1ccc(C(C)(C)CNC(C)C)cc1. The highest BCUT2D eigenvalue weighted by molar-refractivity contribution is 5.28. The molecule has 0 spiro atoms. The molecule has 0 aromatic heterocycles. The summed E-state index contributed by atoms with van der Waals surface area (Å²) in [5, 5.41) is 3.53. The van der Waals surface area contributed by atoms with E-state index in [9.17, 15) is 0 Å². The van der Waals surface area contributed by atoms with Gasteiger partial charge in [-0.25, -0.2) is 0 Å². The van der Waals surface area contributed by atoms with Gasteiger partial charge < -0.3 is 5.32 Å². The summed E-state index contributed by atoms with van der Waals surface area (Å²) in [6.45, 7) is 14.6. The fourth-order valence-electron chi connectivity index (χ4n) is 2.12. The maximum atomic E-state index is 3.53. The van der Waals surface area contributed by atoms with Crippen molar-refractivity contribution in [2.75, 3.05) is 6.54 Å². The minimum absolute atomic E-state index is 0.195. The molecule has 0 heterocycles. The van der Waals surface area contributed by atoms with Crippen molar-refractivity contribution in [1.29, 1.82) is 0 Å². The molecule has 0 atom stereocenters. The van der Waals surface area contributed by atoms with Gasteiger partial charge in [0.1, 0.15) is 0 Å². The predicted octanol–water partition coefficient (Wildman–Crippen LogP) is 4.16. The lowest BCUT2D eigenvalue weighted by atomic mass is 9.83. The Morgan fingerprint density at radius 3 is 2.00 bits per heavy atom. The van der Waals surface area contributed by atoms with Crippen molar-refractivity contribution in [3.63, 3.8) is 0 Å². The second kappa shape index (κ2) is 6.38. The van der Waals surface area contributed by atoms with E-state index in [2.05, 4.69) is 71.1 Å². The van der Waals surface area contributed by atoms with Gasteiger partial charge in [-0.1, -0.05) is 65.8 Å². The largest absolute Gasteiger partial charge is 0.314 e. The van der Waals surface area contributed by atoms with E-state index in [0.717, 1.165) is 12.5 Å². The summed E-state index contributed by atoms with van der Waals surface area (Å²) < 4.78 is 0. The van der Waals surface area contributed by atoms with Gasteiger partial charge in [-0.3, -0.25) is 0 Å². The molecule has 1 aromatic carbocycles. The van der Waals surface area contributed by atoms with Crippen molar-refractivity contribution in [1.82, 2.24) is 5.32 Å². The summed E-state index contributed by atoms with van der Waals surface area (Å²) in [6, 6.07) is 9.70. The maximum absolute atomic E-state index is 3.53. The zero-order chi connectivity index (χ0) is 13.8. The smallest absolute Gasteiger partial charge is 0.00455 e. The van der Waals surface area contributed by atoms with Crippen LogP contribution in [0, 0.1) is 5.92 Å². The van der Waals surface area contributed by atoms with Gasteiger partial charge in [-0.05, 0) is 23.5 Å². The third-order valence-electron chi connectivity index (χ3n) is 3.33. The van der Waals surface area contributed by atoms with Crippen LogP contribution in [0.2, 0.25) is 0 Å². The van der Waals surface area contributed by atoms with E-state index in [1.165, 1.54) is 17.5 Å². The number of nitrogens with one attached hydrogen (secondary N) is 1. The third kappa shape index (κ3) is 4.81. The van der Waals surface area contributed by atoms with Gasteiger partial charge in [0.25, 0.3) is 0 Å². The lowest BCUT2D eigenvalue weighted by Crippen LogP contribution is -2.36. The minimum atomic E-state index is 0.195. The van der Waals surface area contributed by atoms with Crippen molar-refractivity contribution in [2.24, 2.45) is 5.92 Å². The molecule has 0 saturated carbocycles. The molecule has 1 heteroatoms. The molecule has 0 saturated heterocycles. The van der Waals surface area contributed by atoms with Gasteiger partial charge in [0.15, 0.2) is 0 Å². The average Bonchev–Trinajstić information content (AvgIpc) is 2.26. The molecule has 1 nitrogen and oxygen atoms in total. The monoisotopic (exact) mass is 247 g/mol. The zero-order valence-corrected chi connectivity index (χ0v) is 12.9. The molecule has 1 rings (SSSR count). The van der Waals surface area contributed by atoms with E-state index in [4.69, 9.17) is 0 Å². The van der Waals surface area contributed by atoms with E-state index in [1.807, 2.05) is 0 Å². The highest BCUT2D eigenvalue weighted by atomic mass is 14.9. The average molecular weight is 247 g/mol. The van der Waals surface area contributed by atoms with Gasteiger partial charge in [0.2, 0.25) is 0 Å². The van der Waals surface area contributed by atoms with E-state index < -0.39 is 0 Å². The highest BCUT2D eigenvalue weighted by Crippen LogP contribution is 2.23. The molecule has 0 amide bonds. The molecule has 0 aliphatic rings. The first-order valence-corrected chi connectivity index (χ1v) is 7.14. The van der Waals surface area contributed by atoms with Crippen LogP contribution in [0.15, 0.2) is 24.3 Å². The molecule has 1 N–H and O–H groups in total. The maximum Gasteiger partial charge on any atom is 0.00455 e. The third-order valence-corrected chi connectivity index (χ3v) is 3.33. The molecule has 0 fully saturated rings. The topological polar surface area (TPSA) is 12.0 Å². The van der Waals surface area contributed by atoms with E-state index >= 15 is 0 Å². The van der Waals surface area contributed by atoms with Crippen LogP contribution in [-0.2, 0) is 11.8 Å². The lowest BCUT2D eigenvalue weighted by Gasteiger charge is -2.27. The number of hydrogen-bond acceptors (Lipinski definition) is 1. The van der Waals surface area contributed by atoms with Crippen LogP contribution >= 0.6 is 0 Å². The summed E-state index contributed by atoms with van der Waals surface area (Å²) >= 11 is 0. The summed E-state index contributed by atoms with van der Waals surface area (Å²) in [6.07, 6.45) is 1.17. The number of hydrogen-bond donors (Lipinski definition) is 1. The van der Waals surface area contributed by atoms with Crippen LogP contribution in [0.4, 0.5) is 0 Å². The highest BCUT2D eigenvalue weighted by Gasteiger charge is 2.20. The second-order valence-electron chi connectivity index (χ2n) is 6.71. The van der Waals surface area contributed by atoms with Crippen molar-refractivity contribution in [3.05, 3.63) is 35.4 Å². The summed E-state index contributed by atoms with van der Waals surface area (Å²) in [7, 11) is 0. The number of rotatable bonds is 6. The molecule has 1 aromatic rings. The molecule has 0 aliphatic carbocycles. The molecular weight excluding hydrogens is 218 g/mol. The van der Waals surface area contributed by atoms with Crippen molar-refractivity contribution >= 4 is 0 Å². The lowest BCUT2D eigenvalue weighted by molar-refractivity contribution is 0.441. The van der Waals surface area contributed by atoms with Gasteiger partial charge in [-0.2, -0.15) is 0 Å². The Labute approximate surface area is 113 Å². The Morgan fingerprint density at radius 1 is 1.00 bits per heavy atom. The molecule has 18 heavy (non-hydrogen) atoms. The van der Waals surface area contributed by atoms with Crippen LogP contribution in [0.25, 0.3) is 0 Å². The minimum Gasteiger partial charge on any atom is -0.314 e. The first-order chi connectivity index (χ1) is 8.31. The molecule has 0 bridgehead atoms. The van der Waals surface area contributed by atoms with Crippen molar-refractivity contribution in [3.8, 4) is 0 Å². The van der Waals surface area contributed by atoms with Gasteiger partial charge in [-0.15, -0.1) is 0 Å². The van der Waals surface area contributed by atoms with Crippen LogP contribution < -0.4 is 5.32 Å². The Balaban J connectivity index is 2.71. The van der Waals surface area contributed by atoms with Crippen LogP contribution in [0.3, 0.4) is 0 Å². The van der Waals surface area contributed by atoms with Crippen LogP contribution in [-0.4, -0.2) is 12.6 Å². The normalized spacial score (nSPS) is 12.4. The summed E-state index contributed by atoms with van der Waals surface area (Å²) in [5.74, 6) is 0.728. The Hall–Kier alpha value is -0.820. The standard InChI is InChI=1S/C17H29N/c1-13(2)11-15-7-9-16(10-8-15)17(5,6)12-18-14(3)4/h7-10,13-14,18H,11-12H2,1-6H3. The molecule has 102 valence electrons. The fourth-order valence-corrected chi connectivity index (χ4v) is 2.12. The van der Waals surface area contributed by atoms with E-state index in [1.54, 1.807) is 0 Å². The summed E-state index contributed by atoms with van der Waals surface area (Å²) in [5.41, 5.74) is 3.06. The predicted molar refractivity (Wildman–Crippen MR) is 81.1 cm³/mol. The van der Waals surface area contributed by atoms with Crippen molar-refractivity contribution < 1.29 is 0 Å².